The minimum Gasteiger partial charge on any atom is -0.450 e. The molecular weight excluding hydrogens is 282 g/mol. The van der Waals surface area contributed by atoms with Gasteiger partial charge in [-0.1, -0.05) is 0 Å². The summed E-state index contributed by atoms with van der Waals surface area (Å²) in [6, 6.07) is 1.24. The Labute approximate surface area is 99.1 Å². The number of hydrogen-bond acceptors (Lipinski definition) is 5. The molecule has 0 bridgehead atoms. The molecule has 0 aliphatic rings. The number of halogens is 1. The number of nitrogens with one attached hydrogen (secondary N) is 1. The number of nitro groups is 1. The second-order valence-electron chi connectivity index (χ2n) is 2.62. The van der Waals surface area contributed by atoms with Crippen LogP contribution in [0, 0.1) is 10.1 Å². The van der Waals surface area contributed by atoms with Crippen molar-refractivity contribution in [1.29, 1.82) is 0 Å². The lowest BCUT2D eigenvalue weighted by atomic mass is 10.4. The van der Waals surface area contributed by atoms with Gasteiger partial charge in [0.25, 0.3) is 0 Å². The van der Waals surface area contributed by atoms with Crippen molar-refractivity contribution < 1.29 is 14.5 Å². The highest BCUT2D eigenvalue weighted by Crippen LogP contribution is 2.25. The van der Waals surface area contributed by atoms with Crippen molar-refractivity contribution in [3.63, 3.8) is 0 Å². The first kappa shape index (κ1) is 12.4. The molecule has 0 spiro atoms. The van der Waals surface area contributed by atoms with Gasteiger partial charge in [-0.3, -0.25) is 15.4 Å². The van der Waals surface area contributed by atoms with Gasteiger partial charge in [0.2, 0.25) is 5.82 Å². The number of anilines is 1. The Morgan fingerprint density at radius 3 is 3.00 bits per heavy atom. The molecule has 0 aliphatic heterocycles. The Bertz CT molecular complexity index is 424. The van der Waals surface area contributed by atoms with Crippen LogP contribution in [0.4, 0.5) is 16.3 Å². The number of ether oxygens (including phenoxy) is 1. The Kier molecular flexibility index (Phi) is 4.18. The maximum absolute atomic E-state index is 11.1. The molecule has 0 unspecified atom stereocenters. The maximum Gasteiger partial charge on any atom is 0.412 e. The number of amides is 1. The summed E-state index contributed by atoms with van der Waals surface area (Å²) < 4.78 is 5.04. The van der Waals surface area contributed by atoms with Gasteiger partial charge < -0.3 is 4.74 Å². The van der Waals surface area contributed by atoms with E-state index >= 15 is 0 Å². The minimum absolute atomic E-state index is 0.147. The monoisotopic (exact) mass is 289 g/mol. The molecular formula is C8H8BrN3O4. The standard InChI is InChI=1S/C8H8BrN3O4/c1-2-16-8(13)11-7-6(12(14)15)3-5(9)4-10-7/h3-4H,2H2,1H3,(H,10,11,13). The van der Waals surface area contributed by atoms with Crippen LogP contribution in [0.1, 0.15) is 6.92 Å². The second kappa shape index (κ2) is 5.40. The molecule has 86 valence electrons. The lowest BCUT2D eigenvalue weighted by Gasteiger charge is -2.04. The Balaban J connectivity index is 2.95. The van der Waals surface area contributed by atoms with Gasteiger partial charge in [0.15, 0.2) is 0 Å². The molecule has 1 rings (SSSR count). The first-order chi connectivity index (χ1) is 7.54. The molecule has 1 heterocycles. The van der Waals surface area contributed by atoms with Crippen molar-refractivity contribution in [2.24, 2.45) is 0 Å². The average molecular weight is 290 g/mol. The molecule has 7 nitrogen and oxygen atoms in total. The Morgan fingerprint density at radius 2 is 2.44 bits per heavy atom. The highest BCUT2D eigenvalue weighted by atomic mass is 79.9. The van der Waals surface area contributed by atoms with Crippen LogP contribution in [0.5, 0.6) is 0 Å². The summed E-state index contributed by atoms with van der Waals surface area (Å²) in [5, 5.41) is 12.9. The maximum atomic E-state index is 11.1. The van der Waals surface area contributed by atoms with Crippen LogP contribution in [0.15, 0.2) is 16.7 Å². The van der Waals surface area contributed by atoms with Gasteiger partial charge in [-0.15, -0.1) is 0 Å². The number of nitrogens with zero attached hydrogens (tertiary/aromatic N) is 2. The van der Waals surface area contributed by atoms with Crippen molar-refractivity contribution in [2.75, 3.05) is 11.9 Å². The second-order valence-corrected chi connectivity index (χ2v) is 3.54. The van der Waals surface area contributed by atoms with Crippen LogP contribution in [0.25, 0.3) is 0 Å². The Hall–Kier alpha value is -1.70. The van der Waals surface area contributed by atoms with E-state index < -0.39 is 11.0 Å². The van der Waals surface area contributed by atoms with Crippen molar-refractivity contribution in [2.45, 2.75) is 6.92 Å². The summed E-state index contributed by atoms with van der Waals surface area (Å²) in [5.74, 6) is -0.147. The zero-order valence-corrected chi connectivity index (χ0v) is 9.85. The van der Waals surface area contributed by atoms with Gasteiger partial charge in [0.1, 0.15) is 0 Å². The van der Waals surface area contributed by atoms with Gasteiger partial charge in [-0.2, -0.15) is 0 Å². The molecule has 0 fully saturated rings. The summed E-state index contributed by atoms with van der Waals surface area (Å²) in [7, 11) is 0. The summed E-state index contributed by atoms with van der Waals surface area (Å²) in [5.41, 5.74) is -0.303. The lowest BCUT2D eigenvalue weighted by Crippen LogP contribution is -2.15. The third kappa shape index (κ3) is 3.16. The summed E-state index contributed by atoms with van der Waals surface area (Å²) in [6.45, 7) is 1.80. The number of aromatic nitrogens is 1. The highest BCUT2D eigenvalue weighted by molar-refractivity contribution is 9.10. The molecule has 16 heavy (non-hydrogen) atoms. The first-order valence-electron chi connectivity index (χ1n) is 4.28. The van der Waals surface area contributed by atoms with Crippen molar-refractivity contribution in [3.8, 4) is 0 Å². The fourth-order valence-electron chi connectivity index (χ4n) is 0.928. The zero-order valence-electron chi connectivity index (χ0n) is 8.27. The van der Waals surface area contributed by atoms with Gasteiger partial charge in [0.05, 0.1) is 11.5 Å². The summed E-state index contributed by atoms with van der Waals surface area (Å²) >= 11 is 3.05. The highest BCUT2D eigenvalue weighted by Gasteiger charge is 2.18. The van der Waals surface area contributed by atoms with Crippen LogP contribution >= 0.6 is 15.9 Å². The SMILES string of the molecule is CCOC(=O)Nc1ncc(Br)cc1[N+](=O)[O-]. The van der Waals surface area contributed by atoms with Gasteiger partial charge in [-0.05, 0) is 22.9 Å². The molecule has 1 N–H and O–H groups in total. The van der Waals surface area contributed by atoms with Crippen LogP contribution in [0.2, 0.25) is 0 Å². The number of rotatable bonds is 3. The van der Waals surface area contributed by atoms with E-state index in [0.717, 1.165) is 0 Å². The first-order valence-corrected chi connectivity index (χ1v) is 5.07. The molecule has 0 saturated carbocycles. The van der Waals surface area contributed by atoms with Gasteiger partial charge in [-0.25, -0.2) is 9.78 Å². The molecule has 0 aromatic carbocycles. The largest absolute Gasteiger partial charge is 0.450 e. The predicted molar refractivity (Wildman–Crippen MR) is 59.2 cm³/mol. The van der Waals surface area contributed by atoms with E-state index in [1.807, 2.05) is 0 Å². The van der Waals surface area contributed by atoms with E-state index in [9.17, 15) is 14.9 Å². The quantitative estimate of drug-likeness (QED) is 0.681. The zero-order chi connectivity index (χ0) is 12.1. The molecule has 8 heteroatoms. The fourth-order valence-corrected chi connectivity index (χ4v) is 1.25. The molecule has 0 radical (unpaired) electrons. The lowest BCUT2D eigenvalue weighted by molar-refractivity contribution is -0.384. The van der Waals surface area contributed by atoms with Crippen molar-refractivity contribution >= 4 is 33.5 Å². The van der Waals surface area contributed by atoms with E-state index in [0.29, 0.717) is 4.47 Å². The van der Waals surface area contributed by atoms with Crippen LogP contribution in [-0.4, -0.2) is 22.6 Å². The molecule has 1 aromatic heterocycles. The molecule has 0 aliphatic carbocycles. The number of hydrogen-bond donors (Lipinski definition) is 1. The molecule has 1 aromatic rings. The third-order valence-electron chi connectivity index (χ3n) is 1.53. The van der Waals surface area contributed by atoms with E-state index in [2.05, 4.69) is 31.0 Å². The predicted octanol–water partition coefficient (Wildman–Crippen LogP) is 2.32. The number of carbonyl (C=O) groups is 1. The minimum atomic E-state index is -0.777. The number of carbonyl (C=O) groups excluding carboxylic acids is 1. The molecule has 0 saturated heterocycles. The van der Waals surface area contributed by atoms with Gasteiger partial charge >= 0.3 is 11.8 Å². The van der Waals surface area contributed by atoms with Gasteiger partial charge in [0, 0.05) is 16.7 Å². The third-order valence-corrected chi connectivity index (χ3v) is 1.96. The topological polar surface area (TPSA) is 94.4 Å². The van der Waals surface area contributed by atoms with E-state index in [1.165, 1.54) is 12.3 Å². The van der Waals surface area contributed by atoms with E-state index in [-0.39, 0.29) is 18.1 Å². The molecule has 1 amide bonds. The van der Waals surface area contributed by atoms with Crippen LogP contribution in [0.3, 0.4) is 0 Å². The van der Waals surface area contributed by atoms with E-state index in [4.69, 9.17) is 0 Å². The van der Waals surface area contributed by atoms with E-state index in [1.54, 1.807) is 6.92 Å². The smallest absolute Gasteiger partial charge is 0.412 e. The molecule has 0 atom stereocenters. The normalized spacial score (nSPS) is 9.62. The summed E-state index contributed by atoms with van der Waals surface area (Å²) in [4.78, 5) is 24.8. The fraction of sp³-hybridized carbons (Fsp3) is 0.250. The van der Waals surface area contributed by atoms with Crippen LogP contribution < -0.4 is 5.32 Å². The van der Waals surface area contributed by atoms with Crippen molar-refractivity contribution in [1.82, 2.24) is 4.98 Å². The van der Waals surface area contributed by atoms with Crippen molar-refractivity contribution in [3.05, 3.63) is 26.9 Å². The number of pyridine rings is 1. The van der Waals surface area contributed by atoms with Crippen LogP contribution in [-0.2, 0) is 4.74 Å². The average Bonchev–Trinajstić information content (AvgIpc) is 2.20. The summed E-state index contributed by atoms with van der Waals surface area (Å²) in [6.07, 6.45) is 0.564. The Morgan fingerprint density at radius 1 is 1.75 bits per heavy atom.